The summed E-state index contributed by atoms with van der Waals surface area (Å²) in [6.45, 7) is 0. The van der Waals surface area contributed by atoms with E-state index >= 15 is 0 Å². The van der Waals surface area contributed by atoms with E-state index in [1.165, 1.54) is 0 Å². The Hall–Kier alpha value is 0.0821. The van der Waals surface area contributed by atoms with Crippen LogP contribution in [0, 0.1) is 15.3 Å². The molecule has 0 fully saturated rings. The van der Waals surface area contributed by atoms with Crippen molar-refractivity contribution in [3.63, 3.8) is 0 Å². The van der Waals surface area contributed by atoms with Crippen LogP contribution in [0.3, 0.4) is 0 Å². The summed E-state index contributed by atoms with van der Waals surface area (Å²) < 4.78 is 0. The van der Waals surface area contributed by atoms with Gasteiger partial charge in [0.1, 0.15) is 0 Å². The van der Waals surface area contributed by atoms with E-state index in [2.05, 4.69) is 0 Å². The standard InChI is InChI=1S/Cd.NO3.H3N/c;2-1(3)4;/h;;1H3/q;-1;. The van der Waals surface area contributed by atoms with Gasteiger partial charge in [0.2, 0.25) is 0 Å². The summed E-state index contributed by atoms with van der Waals surface area (Å²) in [5, 5.41) is 14.8. The maximum atomic E-state index is 8.25. The van der Waals surface area contributed by atoms with Gasteiger partial charge in [0.15, 0.2) is 0 Å². The van der Waals surface area contributed by atoms with Crippen LogP contribution in [0.15, 0.2) is 0 Å². The van der Waals surface area contributed by atoms with E-state index in [0.717, 1.165) is 0 Å². The van der Waals surface area contributed by atoms with Crippen molar-refractivity contribution in [1.82, 2.24) is 6.15 Å². The van der Waals surface area contributed by atoms with E-state index in [1.54, 1.807) is 0 Å². The molecule has 0 radical (unpaired) electrons. The van der Waals surface area contributed by atoms with Gasteiger partial charge in [0.25, 0.3) is 0 Å². The molecule has 0 rings (SSSR count). The summed E-state index contributed by atoms with van der Waals surface area (Å²) in [5.74, 6) is 0. The van der Waals surface area contributed by atoms with E-state index in [9.17, 15) is 0 Å². The maximum absolute atomic E-state index is 8.25. The molecule has 0 aliphatic heterocycles. The molecule has 6 heteroatoms. The first kappa shape index (κ1) is 16.5. The Morgan fingerprint density at radius 1 is 1.33 bits per heavy atom. The van der Waals surface area contributed by atoms with Crippen LogP contribution in [0.5, 0.6) is 0 Å². The Morgan fingerprint density at radius 2 is 1.33 bits per heavy atom. The van der Waals surface area contributed by atoms with Crippen LogP contribution >= 0.6 is 0 Å². The molecule has 0 aromatic rings. The van der Waals surface area contributed by atoms with Crippen molar-refractivity contribution in [3.05, 3.63) is 15.3 Å². The van der Waals surface area contributed by atoms with Crippen LogP contribution in [0.25, 0.3) is 0 Å². The van der Waals surface area contributed by atoms with Crippen LogP contribution in [0.2, 0.25) is 0 Å². The summed E-state index contributed by atoms with van der Waals surface area (Å²) in [6.07, 6.45) is 0. The molecule has 0 unspecified atom stereocenters. The van der Waals surface area contributed by atoms with E-state index in [0.29, 0.717) is 0 Å². The molecule has 0 aromatic carbocycles. The van der Waals surface area contributed by atoms with Crippen molar-refractivity contribution in [2.24, 2.45) is 0 Å². The van der Waals surface area contributed by atoms with E-state index in [4.69, 9.17) is 15.3 Å². The average Bonchev–Trinajstić information content (AvgIpc) is 0.811. The second kappa shape index (κ2) is 8.91. The van der Waals surface area contributed by atoms with Gasteiger partial charge in [-0.2, -0.15) is 0 Å². The average molecular weight is 191 g/mol. The third-order valence-electron chi connectivity index (χ3n) is 0. The molecule has 0 aliphatic rings. The number of rotatable bonds is 0. The van der Waals surface area contributed by atoms with Crippen LogP contribution < -0.4 is 6.15 Å². The van der Waals surface area contributed by atoms with Gasteiger partial charge in [-0.3, -0.25) is 0 Å². The van der Waals surface area contributed by atoms with Gasteiger partial charge in [-0.05, 0) is 0 Å². The largest absolute Gasteiger partial charge is 0.356 e. The van der Waals surface area contributed by atoms with Gasteiger partial charge in [-0.1, -0.05) is 0 Å². The molecular weight excluding hydrogens is 188 g/mol. The van der Waals surface area contributed by atoms with Gasteiger partial charge >= 0.3 is 0 Å². The Morgan fingerprint density at radius 3 is 1.33 bits per heavy atom. The molecule has 0 aliphatic carbocycles. The molecule has 3 N–H and O–H groups in total. The number of hydrogen-bond acceptors (Lipinski definition) is 4. The van der Waals surface area contributed by atoms with Gasteiger partial charge in [-0.15, -0.1) is 0 Å². The predicted octanol–water partition coefficient (Wildman–Crippen LogP) is -0.0796. The molecule has 0 aromatic heterocycles. The molecule has 0 amide bonds. The smallest absolute Gasteiger partial charge is 0.0689 e. The van der Waals surface area contributed by atoms with E-state index in [1.807, 2.05) is 0 Å². The third-order valence-corrected chi connectivity index (χ3v) is 0. The van der Waals surface area contributed by atoms with Crippen molar-refractivity contribution in [2.45, 2.75) is 0 Å². The minimum absolute atomic E-state index is 0. The van der Waals surface area contributed by atoms with Gasteiger partial charge < -0.3 is 21.5 Å². The number of hydrogen-bond donors (Lipinski definition) is 1. The summed E-state index contributed by atoms with van der Waals surface area (Å²) >= 11 is 0. The second-order valence-electron chi connectivity index (χ2n) is 0.224. The zero-order valence-corrected chi connectivity index (χ0v) is 7.12. The quantitative estimate of drug-likeness (QED) is 0.329. The van der Waals surface area contributed by atoms with Crippen molar-refractivity contribution < 1.29 is 32.4 Å². The summed E-state index contributed by atoms with van der Waals surface area (Å²) in [6, 6.07) is 0. The van der Waals surface area contributed by atoms with E-state index < -0.39 is 5.09 Å². The van der Waals surface area contributed by atoms with Crippen molar-refractivity contribution in [2.75, 3.05) is 0 Å². The second-order valence-corrected chi connectivity index (χ2v) is 0.224. The van der Waals surface area contributed by atoms with Crippen LogP contribution in [-0.2, 0) is 27.3 Å². The number of nitrogens with zero attached hydrogens (tertiary/aromatic N) is 1. The van der Waals surface area contributed by atoms with Crippen molar-refractivity contribution in [1.29, 1.82) is 0 Å². The first-order valence-electron chi connectivity index (χ1n) is 0.548. The Balaban J connectivity index is -0.0000000450. The summed E-state index contributed by atoms with van der Waals surface area (Å²) in [5.41, 5.74) is 0. The predicted molar refractivity (Wildman–Crippen MR) is 15.4 cm³/mol. The fraction of sp³-hybridized carbons (Fsp3) is 0. The summed E-state index contributed by atoms with van der Waals surface area (Å²) in [7, 11) is 0. The third kappa shape index (κ3) is 5760. The van der Waals surface area contributed by atoms with Gasteiger partial charge in [0, 0.05) is 27.3 Å². The molecule has 6 heavy (non-hydrogen) atoms. The molecule has 0 saturated carbocycles. The monoisotopic (exact) mass is 193 g/mol. The molecule has 0 saturated heterocycles. The van der Waals surface area contributed by atoms with Crippen LogP contribution in [0.1, 0.15) is 0 Å². The Kier molecular flexibility index (Phi) is 24.6. The molecular formula is H3CdN2O3-. The SMILES string of the molecule is N.O=[N+]([O-])[O-].[Cd]. The van der Waals surface area contributed by atoms with E-state index in [-0.39, 0.29) is 33.4 Å². The molecule has 0 atom stereocenters. The van der Waals surface area contributed by atoms with Crippen LogP contribution in [0.4, 0.5) is 0 Å². The fourth-order valence-electron chi connectivity index (χ4n) is 0. The van der Waals surface area contributed by atoms with Crippen molar-refractivity contribution >= 4 is 0 Å². The zero-order valence-electron chi connectivity index (χ0n) is 3.09. The summed E-state index contributed by atoms with van der Waals surface area (Å²) in [4.78, 5) is 8.25. The first-order valence-corrected chi connectivity index (χ1v) is 0.548. The topological polar surface area (TPSA) is 101 Å². The first-order chi connectivity index (χ1) is 1.73. The Bertz CT molecular complexity index is 31.8. The molecule has 0 spiro atoms. The molecule has 34 valence electrons. The van der Waals surface area contributed by atoms with Gasteiger partial charge in [-0.25, -0.2) is 0 Å². The minimum atomic E-state index is -1.75. The molecule has 0 heterocycles. The fourth-order valence-corrected chi connectivity index (χ4v) is 0. The van der Waals surface area contributed by atoms with Crippen LogP contribution in [-0.4, -0.2) is 5.09 Å². The maximum Gasteiger partial charge on any atom is 0.0689 e. The zero-order chi connectivity index (χ0) is 3.58. The van der Waals surface area contributed by atoms with Crippen molar-refractivity contribution in [3.8, 4) is 0 Å². The van der Waals surface area contributed by atoms with Gasteiger partial charge in [0.05, 0.1) is 5.09 Å². The Labute approximate surface area is 54.2 Å². The molecule has 5 nitrogen and oxygen atoms in total. The minimum Gasteiger partial charge on any atom is -0.356 e. The normalized spacial score (nSPS) is 4.00. The molecule has 0 bridgehead atoms.